The van der Waals surface area contributed by atoms with Crippen LogP contribution in [0.2, 0.25) is 0 Å². The molecule has 1 aliphatic rings. The van der Waals surface area contributed by atoms with Gasteiger partial charge in [-0.05, 0) is 25.1 Å². The third-order valence-corrected chi connectivity index (χ3v) is 4.64. The minimum Gasteiger partial charge on any atom is -0.353 e. The van der Waals surface area contributed by atoms with E-state index in [1.54, 1.807) is 6.20 Å². The van der Waals surface area contributed by atoms with Crippen molar-refractivity contribution < 1.29 is 4.52 Å². The number of rotatable bonds is 4. The van der Waals surface area contributed by atoms with Crippen molar-refractivity contribution in [3.8, 4) is 11.5 Å². The molecule has 1 aliphatic heterocycles. The Morgan fingerprint density at radius 2 is 1.63 bits per heavy atom. The number of nitrogens with zero attached hydrogens (tertiary/aromatic N) is 7. The van der Waals surface area contributed by atoms with Crippen LogP contribution in [0.5, 0.6) is 0 Å². The molecule has 4 heterocycles. The number of anilines is 2. The Hall–Kier alpha value is -3.03. The molecule has 0 N–H and O–H groups in total. The van der Waals surface area contributed by atoms with E-state index in [0.29, 0.717) is 5.89 Å². The van der Waals surface area contributed by atoms with Crippen molar-refractivity contribution in [3.05, 3.63) is 42.2 Å². The average molecular weight is 365 g/mol. The highest BCUT2D eigenvalue weighted by Crippen LogP contribution is 2.24. The highest BCUT2D eigenvalue weighted by atomic mass is 16.5. The molecular weight excluding hydrogens is 342 g/mol. The topological polar surface area (TPSA) is 84.1 Å². The standard InChI is InChI=1S/C19H23N7O/c1-13(2)18-23-19(27-24-18)15-4-6-21-17(12-15)26-10-8-25(9-11-26)16-5-7-20-14(3)22-16/h4-7,12-13H,8-11H2,1-3H3. The molecule has 1 fully saturated rings. The first-order chi connectivity index (χ1) is 13.1. The molecule has 4 rings (SSSR count). The second kappa shape index (κ2) is 7.30. The summed E-state index contributed by atoms with van der Waals surface area (Å²) < 4.78 is 5.41. The van der Waals surface area contributed by atoms with E-state index >= 15 is 0 Å². The summed E-state index contributed by atoms with van der Waals surface area (Å²) in [6, 6.07) is 5.88. The molecule has 3 aromatic rings. The smallest absolute Gasteiger partial charge is 0.258 e. The van der Waals surface area contributed by atoms with Gasteiger partial charge in [0.15, 0.2) is 5.82 Å². The Morgan fingerprint density at radius 3 is 2.30 bits per heavy atom. The molecule has 0 bridgehead atoms. The van der Waals surface area contributed by atoms with E-state index in [9.17, 15) is 0 Å². The first kappa shape index (κ1) is 17.4. The van der Waals surface area contributed by atoms with Crippen molar-refractivity contribution in [2.45, 2.75) is 26.7 Å². The minimum atomic E-state index is 0.238. The zero-order valence-corrected chi connectivity index (χ0v) is 15.8. The fraction of sp³-hybridized carbons (Fsp3) is 0.421. The lowest BCUT2D eigenvalue weighted by Crippen LogP contribution is -2.47. The van der Waals surface area contributed by atoms with Crippen molar-refractivity contribution in [1.82, 2.24) is 25.1 Å². The number of hydrogen-bond acceptors (Lipinski definition) is 8. The van der Waals surface area contributed by atoms with E-state index in [-0.39, 0.29) is 5.92 Å². The largest absolute Gasteiger partial charge is 0.353 e. The lowest BCUT2D eigenvalue weighted by atomic mass is 10.2. The van der Waals surface area contributed by atoms with Crippen LogP contribution in [-0.2, 0) is 0 Å². The fourth-order valence-electron chi connectivity index (χ4n) is 3.10. The van der Waals surface area contributed by atoms with Crippen LogP contribution in [0.15, 0.2) is 35.1 Å². The fourth-order valence-corrected chi connectivity index (χ4v) is 3.10. The van der Waals surface area contributed by atoms with Crippen LogP contribution in [0.1, 0.15) is 31.4 Å². The molecule has 0 aliphatic carbocycles. The molecule has 140 valence electrons. The van der Waals surface area contributed by atoms with Crippen molar-refractivity contribution in [2.24, 2.45) is 0 Å². The maximum absolute atomic E-state index is 5.41. The van der Waals surface area contributed by atoms with Crippen LogP contribution in [0.3, 0.4) is 0 Å². The van der Waals surface area contributed by atoms with E-state index in [1.165, 1.54) is 0 Å². The van der Waals surface area contributed by atoms with Gasteiger partial charge in [-0.1, -0.05) is 19.0 Å². The third-order valence-electron chi connectivity index (χ3n) is 4.64. The van der Waals surface area contributed by atoms with Gasteiger partial charge in [-0.3, -0.25) is 0 Å². The maximum Gasteiger partial charge on any atom is 0.258 e. The summed E-state index contributed by atoms with van der Waals surface area (Å²) in [6.07, 6.45) is 3.61. The molecule has 1 saturated heterocycles. The zero-order chi connectivity index (χ0) is 18.8. The molecular formula is C19H23N7O. The molecule has 8 nitrogen and oxygen atoms in total. The van der Waals surface area contributed by atoms with Gasteiger partial charge >= 0.3 is 0 Å². The van der Waals surface area contributed by atoms with Crippen LogP contribution in [0, 0.1) is 6.92 Å². The van der Waals surface area contributed by atoms with E-state index in [1.807, 2.05) is 45.2 Å². The van der Waals surface area contributed by atoms with Crippen molar-refractivity contribution in [1.29, 1.82) is 0 Å². The highest BCUT2D eigenvalue weighted by molar-refractivity contribution is 5.59. The zero-order valence-electron chi connectivity index (χ0n) is 15.8. The van der Waals surface area contributed by atoms with Crippen LogP contribution >= 0.6 is 0 Å². The number of pyridine rings is 1. The predicted octanol–water partition coefficient (Wildman–Crippen LogP) is 2.68. The van der Waals surface area contributed by atoms with Gasteiger partial charge in [0.25, 0.3) is 5.89 Å². The Balaban J connectivity index is 1.47. The van der Waals surface area contributed by atoms with Gasteiger partial charge in [-0.15, -0.1) is 0 Å². The van der Waals surface area contributed by atoms with Crippen molar-refractivity contribution in [3.63, 3.8) is 0 Å². The van der Waals surface area contributed by atoms with Gasteiger partial charge in [-0.2, -0.15) is 4.98 Å². The Labute approximate surface area is 158 Å². The second-order valence-electron chi connectivity index (χ2n) is 6.95. The van der Waals surface area contributed by atoms with Crippen LogP contribution < -0.4 is 9.80 Å². The molecule has 0 atom stereocenters. The Morgan fingerprint density at radius 1 is 0.926 bits per heavy atom. The summed E-state index contributed by atoms with van der Waals surface area (Å²) in [5.74, 6) is 4.20. The van der Waals surface area contributed by atoms with Gasteiger partial charge in [0.05, 0.1) is 0 Å². The van der Waals surface area contributed by atoms with Crippen LogP contribution in [0.25, 0.3) is 11.5 Å². The molecule has 3 aromatic heterocycles. The molecule has 0 unspecified atom stereocenters. The summed E-state index contributed by atoms with van der Waals surface area (Å²) in [4.78, 5) is 22.3. The Bertz CT molecular complexity index is 916. The van der Waals surface area contributed by atoms with Gasteiger partial charge in [0, 0.05) is 50.1 Å². The molecule has 0 amide bonds. The highest BCUT2D eigenvalue weighted by Gasteiger charge is 2.20. The third kappa shape index (κ3) is 3.74. The average Bonchev–Trinajstić information content (AvgIpc) is 3.19. The van der Waals surface area contributed by atoms with Gasteiger partial charge in [0.2, 0.25) is 0 Å². The second-order valence-corrected chi connectivity index (χ2v) is 6.95. The SMILES string of the molecule is Cc1nccc(N2CCN(c3cc(-c4nc(C(C)C)no4)ccn3)CC2)n1. The van der Waals surface area contributed by atoms with Gasteiger partial charge in [0.1, 0.15) is 17.5 Å². The van der Waals surface area contributed by atoms with Crippen molar-refractivity contribution in [2.75, 3.05) is 36.0 Å². The van der Waals surface area contributed by atoms with E-state index in [2.05, 4.69) is 34.9 Å². The summed E-state index contributed by atoms with van der Waals surface area (Å²) in [6.45, 7) is 9.54. The lowest BCUT2D eigenvalue weighted by molar-refractivity contribution is 0.419. The van der Waals surface area contributed by atoms with Gasteiger partial charge in [-0.25, -0.2) is 15.0 Å². The molecule has 0 saturated carbocycles. The molecule has 0 radical (unpaired) electrons. The summed E-state index contributed by atoms with van der Waals surface area (Å²) in [5.41, 5.74) is 0.897. The van der Waals surface area contributed by atoms with E-state index in [0.717, 1.165) is 55.0 Å². The monoisotopic (exact) mass is 365 g/mol. The molecule has 27 heavy (non-hydrogen) atoms. The minimum absolute atomic E-state index is 0.238. The quantitative estimate of drug-likeness (QED) is 0.698. The normalized spacial score (nSPS) is 14.8. The molecule has 8 heteroatoms. The number of hydrogen-bond donors (Lipinski definition) is 0. The predicted molar refractivity (Wildman–Crippen MR) is 103 cm³/mol. The Kier molecular flexibility index (Phi) is 4.70. The molecule has 0 spiro atoms. The number of piperazine rings is 1. The number of aromatic nitrogens is 5. The van der Waals surface area contributed by atoms with Gasteiger partial charge < -0.3 is 14.3 Å². The summed E-state index contributed by atoms with van der Waals surface area (Å²) in [5, 5.41) is 4.05. The lowest BCUT2D eigenvalue weighted by Gasteiger charge is -2.36. The van der Waals surface area contributed by atoms with Crippen LogP contribution in [-0.4, -0.2) is 51.3 Å². The number of aryl methyl sites for hydroxylation is 1. The summed E-state index contributed by atoms with van der Waals surface area (Å²) in [7, 11) is 0. The van der Waals surface area contributed by atoms with Crippen molar-refractivity contribution >= 4 is 11.6 Å². The van der Waals surface area contributed by atoms with E-state index in [4.69, 9.17) is 4.52 Å². The first-order valence-corrected chi connectivity index (χ1v) is 9.20. The molecule has 0 aromatic carbocycles. The summed E-state index contributed by atoms with van der Waals surface area (Å²) >= 11 is 0. The van der Waals surface area contributed by atoms with Crippen LogP contribution in [0.4, 0.5) is 11.6 Å². The van der Waals surface area contributed by atoms with E-state index < -0.39 is 0 Å². The first-order valence-electron chi connectivity index (χ1n) is 9.20. The maximum atomic E-state index is 5.41.